The van der Waals surface area contributed by atoms with Crippen LogP contribution < -0.4 is 5.32 Å². The average molecular weight is 333 g/mol. The maximum atomic E-state index is 12.0. The number of rotatable bonds is 2. The predicted molar refractivity (Wildman–Crippen MR) is 84.3 cm³/mol. The molecule has 0 radical (unpaired) electrons. The third-order valence-electron chi connectivity index (χ3n) is 3.90. The molecule has 0 aromatic heterocycles. The average Bonchev–Trinajstić information content (AvgIpc) is 2.84. The van der Waals surface area contributed by atoms with Crippen LogP contribution in [0.15, 0.2) is 39.4 Å². The number of nitrogens with zero attached hydrogens (tertiary/aromatic N) is 1. The number of nitrogens with one attached hydrogen (secondary N) is 1. The zero-order valence-corrected chi connectivity index (χ0v) is 12.8. The Labute approximate surface area is 127 Å². The Hall–Kier alpha value is -1.42. The highest BCUT2D eigenvalue weighted by atomic mass is 79.9. The molecule has 1 fully saturated rings. The number of halogens is 1. The van der Waals surface area contributed by atoms with Gasteiger partial charge in [0.25, 0.3) is 5.91 Å². The number of hydrogen-bond donors (Lipinski definition) is 1. The first-order valence-corrected chi connectivity index (χ1v) is 7.89. The molecule has 3 rings (SSSR count). The van der Waals surface area contributed by atoms with Crippen molar-refractivity contribution in [2.75, 3.05) is 0 Å². The van der Waals surface area contributed by atoms with Gasteiger partial charge in [-0.05, 0) is 30.5 Å². The summed E-state index contributed by atoms with van der Waals surface area (Å²) in [5.41, 5.74) is 1.49. The molecule has 0 atom stereocenters. The second-order valence-corrected chi connectivity index (χ2v) is 6.19. The molecule has 104 valence electrons. The van der Waals surface area contributed by atoms with E-state index >= 15 is 0 Å². The summed E-state index contributed by atoms with van der Waals surface area (Å²) >= 11 is 3.49. The Morgan fingerprint density at radius 3 is 2.70 bits per heavy atom. The van der Waals surface area contributed by atoms with Crippen molar-refractivity contribution in [3.8, 4) is 0 Å². The van der Waals surface area contributed by atoms with Crippen LogP contribution in [0.4, 0.5) is 0 Å². The molecule has 1 aliphatic heterocycles. The number of amides is 1. The minimum Gasteiger partial charge on any atom is -0.308 e. The first-order valence-electron chi connectivity index (χ1n) is 7.10. The highest BCUT2D eigenvalue weighted by Gasteiger charge is 2.27. The van der Waals surface area contributed by atoms with Crippen LogP contribution in [-0.2, 0) is 4.79 Å². The maximum absolute atomic E-state index is 12.0. The van der Waals surface area contributed by atoms with Crippen LogP contribution in [0.3, 0.4) is 0 Å². The molecule has 0 saturated heterocycles. The number of carbonyl (C=O) groups excluding carboxylic acids is 1. The molecule has 1 heterocycles. The summed E-state index contributed by atoms with van der Waals surface area (Å²) in [4.78, 5) is 16.6. The van der Waals surface area contributed by atoms with Gasteiger partial charge >= 0.3 is 0 Å². The van der Waals surface area contributed by atoms with Crippen molar-refractivity contribution in [1.29, 1.82) is 0 Å². The molecule has 1 saturated carbocycles. The van der Waals surface area contributed by atoms with Crippen LogP contribution in [0.2, 0.25) is 0 Å². The zero-order chi connectivity index (χ0) is 13.9. The molecule has 4 heteroatoms. The normalized spacial score (nSPS) is 21.9. The lowest BCUT2D eigenvalue weighted by Gasteiger charge is -2.20. The molecule has 1 aromatic carbocycles. The summed E-state index contributed by atoms with van der Waals surface area (Å²) in [7, 11) is 0. The number of aliphatic imine (C=N–C) groups is 1. The molecule has 0 spiro atoms. The summed E-state index contributed by atoms with van der Waals surface area (Å²) in [5.74, 6) is 1.21. The molecule has 0 bridgehead atoms. The minimum absolute atomic E-state index is 0.0821. The Morgan fingerprint density at radius 1 is 1.20 bits per heavy atom. The zero-order valence-electron chi connectivity index (χ0n) is 11.2. The highest BCUT2D eigenvalue weighted by Crippen LogP contribution is 2.27. The fourth-order valence-electron chi connectivity index (χ4n) is 2.80. The lowest BCUT2D eigenvalue weighted by molar-refractivity contribution is -0.115. The smallest absolute Gasteiger partial charge is 0.275 e. The summed E-state index contributed by atoms with van der Waals surface area (Å²) < 4.78 is 0.974. The number of amidine groups is 1. The standard InChI is InChI=1S/C16H17BrN2O/c17-13-9-5-4-8-12(13)10-14-16(20)19-15(18-14)11-6-2-1-3-7-11/h4-5,8-11H,1-3,6-7H2,(H,18,19,20)/b14-10-. The van der Waals surface area contributed by atoms with E-state index in [4.69, 9.17) is 0 Å². The van der Waals surface area contributed by atoms with E-state index in [1.54, 1.807) is 0 Å². The summed E-state index contributed by atoms with van der Waals surface area (Å²) in [6.45, 7) is 0. The van der Waals surface area contributed by atoms with Crippen LogP contribution in [0.5, 0.6) is 0 Å². The lowest BCUT2D eigenvalue weighted by atomic mass is 9.88. The first-order chi connectivity index (χ1) is 9.74. The molecule has 2 aliphatic rings. The minimum atomic E-state index is -0.0821. The summed E-state index contributed by atoms with van der Waals surface area (Å²) in [6.07, 6.45) is 7.90. The van der Waals surface area contributed by atoms with Gasteiger partial charge in [-0.3, -0.25) is 4.79 Å². The van der Waals surface area contributed by atoms with Gasteiger partial charge in [0, 0.05) is 10.4 Å². The molecule has 0 unspecified atom stereocenters. The SMILES string of the molecule is O=C1NC(C2CCCCC2)=N/C1=C\c1ccccc1Br. The third-order valence-corrected chi connectivity index (χ3v) is 4.63. The van der Waals surface area contributed by atoms with Crippen molar-refractivity contribution >= 4 is 33.7 Å². The maximum Gasteiger partial charge on any atom is 0.275 e. The topological polar surface area (TPSA) is 41.5 Å². The number of hydrogen-bond acceptors (Lipinski definition) is 2. The van der Waals surface area contributed by atoms with E-state index in [0.717, 1.165) is 28.7 Å². The van der Waals surface area contributed by atoms with Gasteiger partial charge in [0.05, 0.1) is 0 Å². The summed E-state index contributed by atoms with van der Waals surface area (Å²) in [5, 5.41) is 2.94. The van der Waals surface area contributed by atoms with Gasteiger partial charge in [0.15, 0.2) is 0 Å². The van der Waals surface area contributed by atoms with Gasteiger partial charge in [-0.1, -0.05) is 53.4 Å². The van der Waals surface area contributed by atoms with Crippen LogP contribution in [0, 0.1) is 5.92 Å². The molecular weight excluding hydrogens is 316 g/mol. The van der Waals surface area contributed by atoms with Gasteiger partial charge in [-0.15, -0.1) is 0 Å². The van der Waals surface area contributed by atoms with E-state index in [0.29, 0.717) is 11.6 Å². The third kappa shape index (κ3) is 2.85. The lowest BCUT2D eigenvalue weighted by Crippen LogP contribution is -2.31. The first kappa shape index (κ1) is 13.6. The number of carbonyl (C=O) groups is 1. The van der Waals surface area contributed by atoms with Gasteiger partial charge < -0.3 is 5.32 Å². The van der Waals surface area contributed by atoms with Crippen molar-refractivity contribution in [1.82, 2.24) is 5.32 Å². The molecular formula is C16H17BrN2O. The predicted octanol–water partition coefficient (Wildman–Crippen LogP) is 3.90. The van der Waals surface area contributed by atoms with E-state index in [-0.39, 0.29) is 5.91 Å². The quantitative estimate of drug-likeness (QED) is 0.820. The van der Waals surface area contributed by atoms with E-state index < -0.39 is 0 Å². The highest BCUT2D eigenvalue weighted by molar-refractivity contribution is 9.10. The Morgan fingerprint density at radius 2 is 1.95 bits per heavy atom. The van der Waals surface area contributed by atoms with Crippen molar-refractivity contribution in [2.45, 2.75) is 32.1 Å². The van der Waals surface area contributed by atoms with Gasteiger partial charge in [0.1, 0.15) is 11.5 Å². The molecule has 1 aliphatic carbocycles. The molecule has 1 amide bonds. The van der Waals surface area contributed by atoms with E-state index in [9.17, 15) is 4.79 Å². The van der Waals surface area contributed by atoms with Crippen LogP contribution in [0.25, 0.3) is 6.08 Å². The van der Waals surface area contributed by atoms with Crippen molar-refractivity contribution in [3.05, 3.63) is 40.0 Å². The van der Waals surface area contributed by atoms with Gasteiger partial charge in [-0.2, -0.15) is 0 Å². The van der Waals surface area contributed by atoms with E-state index in [1.807, 2.05) is 30.3 Å². The second kappa shape index (κ2) is 5.92. The molecule has 1 aromatic rings. The van der Waals surface area contributed by atoms with Crippen LogP contribution in [-0.4, -0.2) is 11.7 Å². The van der Waals surface area contributed by atoms with Crippen molar-refractivity contribution in [2.24, 2.45) is 10.9 Å². The largest absolute Gasteiger partial charge is 0.308 e. The Bertz CT molecular complexity index is 586. The van der Waals surface area contributed by atoms with Gasteiger partial charge in [-0.25, -0.2) is 4.99 Å². The van der Waals surface area contributed by atoms with Gasteiger partial charge in [0.2, 0.25) is 0 Å². The molecule has 3 nitrogen and oxygen atoms in total. The fourth-order valence-corrected chi connectivity index (χ4v) is 3.19. The molecule has 20 heavy (non-hydrogen) atoms. The number of benzene rings is 1. The van der Waals surface area contributed by atoms with Crippen LogP contribution in [0.1, 0.15) is 37.7 Å². The monoisotopic (exact) mass is 332 g/mol. The van der Waals surface area contributed by atoms with E-state index in [2.05, 4.69) is 26.2 Å². The van der Waals surface area contributed by atoms with E-state index in [1.165, 1.54) is 19.3 Å². The molecule has 1 N–H and O–H groups in total. The fraction of sp³-hybridized carbons (Fsp3) is 0.375. The summed E-state index contributed by atoms with van der Waals surface area (Å²) in [6, 6.07) is 7.84. The second-order valence-electron chi connectivity index (χ2n) is 5.34. The van der Waals surface area contributed by atoms with Crippen LogP contribution >= 0.6 is 15.9 Å². The Kier molecular flexibility index (Phi) is 4.01. The van der Waals surface area contributed by atoms with Crippen molar-refractivity contribution < 1.29 is 4.79 Å². The van der Waals surface area contributed by atoms with Crippen molar-refractivity contribution in [3.63, 3.8) is 0 Å². The Balaban J connectivity index is 1.85.